The minimum Gasteiger partial charge on any atom is -0.315 e. The SMILES string of the molecule is CC1CNCCN(C2CCN(C(C)C)CC2)C1. The summed E-state index contributed by atoms with van der Waals surface area (Å²) in [5.41, 5.74) is 0. The summed E-state index contributed by atoms with van der Waals surface area (Å²) in [5, 5.41) is 3.54. The van der Waals surface area contributed by atoms with Crippen molar-refractivity contribution in [2.75, 3.05) is 39.3 Å². The standard InChI is InChI=1S/C14H29N3/c1-12(2)16-7-4-14(5-8-16)17-9-6-15-10-13(3)11-17/h12-15H,4-11H2,1-3H3. The highest BCUT2D eigenvalue weighted by atomic mass is 15.2. The van der Waals surface area contributed by atoms with E-state index in [1.165, 1.54) is 52.1 Å². The Morgan fingerprint density at radius 2 is 1.82 bits per heavy atom. The highest BCUT2D eigenvalue weighted by Gasteiger charge is 2.27. The van der Waals surface area contributed by atoms with Gasteiger partial charge in [-0.25, -0.2) is 0 Å². The van der Waals surface area contributed by atoms with Crippen LogP contribution in [0.5, 0.6) is 0 Å². The Bertz CT molecular complexity index is 222. The van der Waals surface area contributed by atoms with Gasteiger partial charge in [0.15, 0.2) is 0 Å². The maximum absolute atomic E-state index is 3.54. The van der Waals surface area contributed by atoms with Gasteiger partial charge in [-0.1, -0.05) is 6.92 Å². The van der Waals surface area contributed by atoms with Crippen molar-refractivity contribution in [3.63, 3.8) is 0 Å². The van der Waals surface area contributed by atoms with Crippen molar-refractivity contribution >= 4 is 0 Å². The fraction of sp³-hybridized carbons (Fsp3) is 1.00. The van der Waals surface area contributed by atoms with E-state index in [0.29, 0.717) is 0 Å². The smallest absolute Gasteiger partial charge is 0.0120 e. The number of likely N-dealkylation sites (tertiary alicyclic amines) is 1. The first kappa shape index (κ1) is 13.3. The van der Waals surface area contributed by atoms with Crippen LogP contribution in [0.2, 0.25) is 0 Å². The summed E-state index contributed by atoms with van der Waals surface area (Å²) in [6.45, 7) is 14.5. The van der Waals surface area contributed by atoms with E-state index >= 15 is 0 Å². The van der Waals surface area contributed by atoms with Crippen molar-refractivity contribution in [2.45, 2.75) is 45.7 Å². The van der Waals surface area contributed by atoms with Crippen LogP contribution in [-0.4, -0.2) is 61.2 Å². The summed E-state index contributed by atoms with van der Waals surface area (Å²) in [6.07, 6.45) is 2.73. The van der Waals surface area contributed by atoms with Crippen molar-refractivity contribution in [1.82, 2.24) is 15.1 Å². The Kier molecular flexibility index (Phi) is 4.83. The van der Waals surface area contributed by atoms with Crippen LogP contribution in [0.25, 0.3) is 0 Å². The molecular formula is C14H29N3. The summed E-state index contributed by atoms with van der Waals surface area (Å²) in [5.74, 6) is 0.806. The first-order chi connectivity index (χ1) is 8.16. The minimum atomic E-state index is 0.723. The molecule has 2 fully saturated rings. The molecule has 0 aromatic heterocycles. The largest absolute Gasteiger partial charge is 0.315 e. The maximum atomic E-state index is 3.54. The number of hydrogen-bond acceptors (Lipinski definition) is 3. The molecule has 0 aliphatic carbocycles. The monoisotopic (exact) mass is 239 g/mol. The first-order valence-electron chi connectivity index (χ1n) is 7.35. The first-order valence-corrected chi connectivity index (χ1v) is 7.35. The molecular weight excluding hydrogens is 210 g/mol. The molecule has 0 bridgehead atoms. The van der Waals surface area contributed by atoms with Gasteiger partial charge in [0.05, 0.1) is 0 Å². The number of nitrogens with one attached hydrogen (secondary N) is 1. The van der Waals surface area contributed by atoms with E-state index in [1.54, 1.807) is 0 Å². The third kappa shape index (κ3) is 3.67. The molecule has 0 saturated carbocycles. The molecule has 0 radical (unpaired) electrons. The summed E-state index contributed by atoms with van der Waals surface area (Å²) < 4.78 is 0. The van der Waals surface area contributed by atoms with E-state index in [2.05, 4.69) is 35.9 Å². The topological polar surface area (TPSA) is 18.5 Å². The summed E-state index contributed by atoms with van der Waals surface area (Å²) in [7, 11) is 0. The number of rotatable bonds is 2. The van der Waals surface area contributed by atoms with Crippen molar-refractivity contribution < 1.29 is 0 Å². The summed E-state index contributed by atoms with van der Waals surface area (Å²) >= 11 is 0. The van der Waals surface area contributed by atoms with Gasteiger partial charge in [-0.05, 0) is 52.2 Å². The Morgan fingerprint density at radius 1 is 1.12 bits per heavy atom. The zero-order valence-corrected chi connectivity index (χ0v) is 11.8. The second-order valence-electron chi connectivity index (χ2n) is 6.17. The molecule has 2 aliphatic rings. The van der Waals surface area contributed by atoms with Gasteiger partial charge in [0.2, 0.25) is 0 Å². The quantitative estimate of drug-likeness (QED) is 0.786. The van der Waals surface area contributed by atoms with Gasteiger partial charge in [-0.15, -0.1) is 0 Å². The van der Waals surface area contributed by atoms with Gasteiger partial charge in [0.25, 0.3) is 0 Å². The molecule has 0 aromatic carbocycles. The number of piperidine rings is 1. The second kappa shape index (κ2) is 6.17. The van der Waals surface area contributed by atoms with Crippen molar-refractivity contribution in [1.29, 1.82) is 0 Å². The number of hydrogen-bond donors (Lipinski definition) is 1. The van der Waals surface area contributed by atoms with Gasteiger partial charge in [-0.3, -0.25) is 4.90 Å². The zero-order valence-electron chi connectivity index (χ0n) is 11.8. The Labute approximate surface area is 107 Å². The molecule has 3 nitrogen and oxygen atoms in total. The minimum absolute atomic E-state index is 0.723. The van der Waals surface area contributed by atoms with Crippen molar-refractivity contribution in [3.05, 3.63) is 0 Å². The molecule has 0 aromatic rings. The zero-order chi connectivity index (χ0) is 12.3. The lowest BCUT2D eigenvalue weighted by Crippen LogP contribution is -2.48. The molecule has 2 saturated heterocycles. The molecule has 1 atom stereocenters. The van der Waals surface area contributed by atoms with Crippen LogP contribution in [0.4, 0.5) is 0 Å². The van der Waals surface area contributed by atoms with Gasteiger partial charge < -0.3 is 10.2 Å². The average Bonchev–Trinajstić information content (AvgIpc) is 2.54. The van der Waals surface area contributed by atoms with Gasteiger partial charge in [0, 0.05) is 31.7 Å². The molecule has 0 amide bonds. The van der Waals surface area contributed by atoms with Crippen LogP contribution < -0.4 is 5.32 Å². The van der Waals surface area contributed by atoms with Crippen LogP contribution >= 0.6 is 0 Å². The second-order valence-corrected chi connectivity index (χ2v) is 6.17. The average molecular weight is 239 g/mol. The third-order valence-corrected chi connectivity index (χ3v) is 4.36. The molecule has 2 heterocycles. The van der Waals surface area contributed by atoms with Crippen LogP contribution in [-0.2, 0) is 0 Å². The lowest BCUT2D eigenvalue weighted by atomic mass is 10.0. The highest BCUT2D eigenvalue weighted by molar-refractivity contribution is 4.83. The van der Waals surface area contributed by atoms with E-state index in [1.807, 2.05) is 0 Å². The predicted molar refractivity (Wildman–Crippen MR) is 73.3 cm³/mol. The normalized spacial score (nSPS) is 30.7. The molecule has 17 heavy (non-hydrogen) atoms. The molecule has 1 N–H and O–H groups in total. The fourth-order valence-electron chi connectivity index (χ4n) is 3.23. The van der Waals surface area contributed by atoms with Crippen LogP contribution in [0.15, 0.2) is 0 Å². The molecule has 2 aliphatic heterocycles. The molecule has 1 unspecified atom stereocenters. The summed E-state index contributed by atoms with van der Waals surface area (Å²) in [4.78, 5) is 5.36. The molecule has 0 spiro atoms. The Balaban J connectivity index is 1.82. The van der Waals surface area contributed by atoms with E-state index in [-0.39, 0.29) is 0 Å². The maximum Gasteiger partial charge on any atom is 0.0120 e. The van der Waals surface area contributed by atoms with Gasteiger partial charge >= 0.3 is 0 Å². The molecule has 100 valence electrons. The van der Waals surface area contributed by atoms with Crippen LogP contribution in [0, 0.1) is 5.92 Å². The lowest BCUT2D eigenvalue weighted by molar-refractivity contribution is 0.0900. The fourth-order valence-corrected chi connectivity index (χ4v) is 3.23. The Morgan fingerprint density at radius 3 is 2.47 bits per heavy atom. The lowest BCUT2D eigenvalue weighted by Gasteiger charge is -2.40. The van der Waals surface area contributed by atoms with Gasteiger partial charge in [-0.2, -0.15) is 0 Å². The van der Waals surface area contributed by atoms with Crippen LogP contribution in [0.3, 0.4) is 0 Å². The van der Waals surface area contributed by atoms with Crippen molar-refractivity contribution in [2.24, 2.45) is 5.92 Å². The highest BCUT2D eigenvalue weighted by Crippen LogP contribution is 2.19. The van der Waals surface area contributed by atoms with Gasteiger partial charge in [0.1, 0.15) is 0 Å². The van der Waals surface area contributed by atoms with Crippen molar-refractivity contribution in [3.8, 4) is 0 Å². The molecule has 3 heteroatoms. The van der Waals surface area contributed by atoms with E-state index < -0.39 is 0 Å². The van der Waals surface area contributed by atoms with E-state index in [4.69, 9.17) is 0 Å². The third-order valence-electron chi connectivity index (χ3n) is 4.36. The molecule has 2 rings (SSSR count). The van der Waals surface area contributed by atoms with E-state index in [9.17, 15) is 0 Å². The van der Waals surface area contributed by atoms with Crippen LogP contribution in [0.1, 0.15) is 33.6 Å². The Hall–Kier alpha value is -0.120. The number of nitrogens with zero attached hydrogens (tertiary/aromatic N) is 2. The predicted octanol–water partition coefficient (Wildman–Crippen LogP) is 1.40. The van der Waals surface area contributed by atoms with E-state index in [0.717, 1.165) is 18.0 Å². The summed E-state index contributed by atoms with van der Waals surface area (Å²) in [6, 6.07) is 1.56.